The summed E-state index contributed by atoms with van der Waals surface area (Å²) in [6, 6.07) is 6.44. The number of aromatic nitrogens is 3. The molecule has 3 aromatic rings. The lowest BCUT2D eigenvalue weighted by Crippen LogP contribution is -2.23. The number of nitrogens with one attached hydrogen (secondary N) is 1. The molecular weight excluding hydrogens is 335 g/mol. The predicted octanol–water partition coefficient (Wildman–Crippen LogP) is 3.12. The Bertz CT molecular complexity index is 734. The molecule has 0 amide bonds. The average Bonchev–Trinajstić information content (AvgIpc) is 3.07. The van der Waals surface area contributed by atoms with E-state index in [2.05, 4.69) is 15.4 Å². The summed E-state index contributed by atoms with van der Waals surface area (Å²) < 4.78 is 14.7. The number of hydrogen-bond acceptors (Lipinski definition) is 6. The molecule has 5 nitrogen and oxygen atoms in total. The smallest absolute Gasteiger partial charge is 0.214 e. The Morgan fingerprint density at radius 2 is 2.17 bits per heavy atom. The van der Waals surface area contributed by atoms with Crippen LogP contribution in [-0.2, 0) is 0 Å². The number of nitrogens with zero attached hydrogens (tertiary/aromatic N) is 3. The van der Waals surface area contributed by atoms with Crippen LogP contribution in [0.5, 0.6) is 0 Å². The minimum atomic E-state index is -0.261. The lowest BCUT2D eigenvalue weighted by atomic mass is 10.2. The average molecular weight is 352 g/mol. The molecule has 1 unspecified atom stereocenters. The van der Waals surface area contributed by atoms with Crippen molar-refractivity contribution in [1.29, 1.82) is 0 Å². The van der Waals surface area contributed by atoms with Crippen LogP contribution in [0, 0.1) is 5.82 Å². The molecule has 0 bridgehead atoms. The van der Waals surface area contributed by atoms with Crippen molar-refractivity contribution in [3.05, 3.63) is 36.3 Å². The van der Waals surface area contributed by atoms with Crippen LogP contribution in [0.15, 0.2) is 30.5 Å². The van der Waals surface area contributed by atoms with E-state index in [1.165, 1.54) is 23.5 Å². The van der Waals surface area contributed by atoms with Crippen LogP contribution in [0.2, 0.25) is 0 Å². The maximum absolute atomic E-state index is 13.0. The van der Waals surface area contributed by atoms with Gasteiger partial charge in [0.25, 0.3) is 0 Å². The van der Waals surface area contributed by atoms with Gasteiger partial charge in [-0.2, -0.15) is 11.8 Å². The van der Waals surface area contributed by atoms with E-state index in [0.717, 1.165) is 27.1 Å². The molecule has 2 aromatic heterocycles. The highest BCUT2D eigenvalue weighted by Crippen LogP contribution is 2.25. The molecule has 0 spiro atoms. The Labute approximate surface area is 141 Å². The second-order valence-electron chi connectivity index (χ2n) is 5.08. The molecule has 0 radical (unpaired) electrons. The molecular formula is C15H17FN4OS2. The summed E-state index contributed by atoms with van der Waals surface area (Å²) in [5.41, 5.74) is 1.63. The summed E-state index contributed by atoms with van der Waals surface area (Å²) in [6.07, 6.45) is 4.55. The summed E-state index contributed by atoms with van der Waals surface area (Å²) in [6.45, 7) is 0.148. The minimum absolute atomic E-state index is 0.148. The first-order valence-corrected chi connectivity index (χ1v) is 9.39. The Balaban J connectivity index is 1.78. The van der Waals surface area contributed by atoms with Gasteiger partial charge < -0.3 is 10.4 Å². The quantitative estimate of drug-likeness (QED) is 0.684. The molecule has 2 heterocycles. The molecule has 0 aliphatic rings. The van der Waals surface area contributed by atoms with E-state index in [9.17, 15) is 4.39 Å². The Morgan fingerprint density at radius 3 is 2.83 bits per heavy atom. The molecule has 2 N–H and O–H groups in total. The number of halogens is 1. The number of aliphatic hydroxyl groups is 1. The largest absolute Gasteiger partial charge is 0.396 e. The fourth-order valence-corrected chi connectivity index (χ4v) is 3.76. The summed E-state index contributed by atoms with van der Waals surface area (Å²) in [4.78, 5) is 5.31. The van der Waals surface area contributed by atoms with Gasteiger partial charge in [-0.1, -0.05) is 11.3 Å². The first-order chi connectivity index (χ1) is 11.2. The van der Waals surface area contributed by atoms with Crippen molar-refractivity contribution in [3.8, 4) is 11.3 Å². The number of aliphatic hydroxyl groups excluding tert-OH is 1. The Kier molecular flexibility index (Phi) is 5.14. The van der Waals surface area contributed by atoms with E-state index in [-0.39, 0.29) is 18.5 Å². The van der Waals surface area contributed by atoms with Crippen LogP contribution in [0.25, 0.3) is 16.2 Å². The van der Waals surface area contributed by atoms with Gasteiger partial charge in [-0.3, -0.25) is 0 Å². The lowest BCUT2D eigenvalue weighted by Gasteiger charge is -2.14. The van der Waals surface area contributed by atoms with Gasteiger partial charge in [0.2, 0.25) is 10.1 Å². The van der Waals surface area contributed by atoms with Crippen molar-refractivity contribution >= 4 is 33.2 Å². The maximum Gasteiger partial charge on any atom is 0.214 e. The zero-order valence-electron chi connectivity index (χ0n) is 12.6. The molecule has 23 heavy (non-hydrogen) atoms. The zero-order chi connectivity index (χ0) is 16.2. The summed E-state index contributed by atoms with van der Waals surface area (Å²) in [5, 5.41) is 17.7. The Morgan fingerprint density at radius 1 is 1.39 bits per heavy atom. The van der Waals surface area contributed by atoms with Gasteiger partial charge in [0.05, 0.1) is 11.9 Å². The maximum atomic E-state index is 13.0. The SMILES string of the molecule is CSCC(CCO)Nc1nn2cc(-c3ccc(F)cc3)nc2s1. The second-order valence-corrected chi connectivity index (χ2v) is 6.94. The first kappa shape index (κ1) is 16.2. The van der Waals surface area contributed by atoms with Crippen LogP contribution in [0.4, 0.5) is 9.52 Å². The van der Waals surface area contributed by atoms with Crippen molar-refractivity contribution in [1.82, 2.24) is 14.6 Å². The van der Waals surface area contributed by atoms with Crippen LogP contribution in [0.3, 0.4) is 0 Å². The van der Waals surface area contributed by atoms with Crippen molar-refractivity contribution in [2.45, 2.75) is 12.5 Å². The number of benzene rings is 1. The molecule has 0 saturated heterocycles. The number of fused-ring (bicyclic) bond motifs is 1. The highest BCUT2D eigenvalue weighted by molar-refractivity contribution is 7.98. The monoisotopic (exact) mass is 352 g/mol. The Hall–Kier alpha value is -1.64. The zero-order valence-corrected chi connectivity index (χ0v) is 14.2. The number of rotatable bonds is 7. The fourth-order valence-electron chi connectivity index (χ4n) is 2.25. The minimum Gasteiger partial charge on any atom is -0.396 e. The number of hydrogen-bond donors (Lipinski definition) is 2. The van der Waals surface area contributed by atoms with E-state index in [4.69, 9.17) is 5.11 Å². The first-order valence-electron chi connectivity index (χ1n) is 7.18. The third kappa shape index (κ3) is 3.82. The summed E-state index contributed by atoms with van der Waals surface area (Å²) in [5.74, 6) is 0.645. The van der Waals surface area contributed by atoms with Crippen molar-refractivity contribution in [2.75, 3.05) is 23.9 Å². The van der Waals surface area contributed by atoms with Crippen molar-refractivity contribution in [2.24, 2.45) is 0 Å². The standard InChI is InChI=1S/C15H17FN4OS2/c1-22-9-12(6-7-21)17-14-19-20-8-13(18-15(20)23-14)10-2-4-11(16)5-3-10/h2-5,8,12,21H,6-7,9H2,1H3,(H,17,19). The van der Waals surface area contributed by atoms with E-state index in [0.29, 0.717) is 6.42 Å². The molecule has 122 valence electrons. The third-order valence-corrected chi connectivity index (χ3v) is 4.95. The van der Waals surface area contributed by atoms with E-state index in [1.54, 1.807) is 28.4 Å². The highest BCUT2D eigenvalue weighted by atomic mass is 32.2. The second kappa shape index (κ2) is 7.29. The van der Waals surface area contributed by atoms with Crippen molar-refractivity contribution < 1.29 is 9.50 Å². The lowest BCUT2D eigenvalue weighted by molar-refractivity contribution is 0.282. The van der Waals surface area contributed by atoms with Gasteiger partial charge in [-0.05, 0) is 36.9 Å². The topological polar surface area (TPSA) is 62.5 Å². The van der Waals surface area contributed by atoms with E-state index >= 15 is 0 Å². The molecule has 3 rings (SSSR count). The van der Waals surface area contributed by atoms with Crippen LogP contribution in [0.1, 0.15) is 6.42 Å². The van der Waals surface area contributed by atoms with Gasteiger partial charge in [-0.25, -0.2) is 13.9 Å². The summed E-state index contributed by atoms with van der Waals surface area (Å²) >= 11 is 3.19. The molecule has 0 aliphatic carbocycles. The third-order valence-electron chi connectivity index (χ3n) is 3.36. The normalized spacial score (nSPS) is 12.7. The number of imidazole rings is 1. The molecule has 0 fully saturated rings. The van der Waals surface area contributed by atoms with Gasteiger partial charge >= 0.3 is 0 Å². The van der Waals surface area contributed by atoms with Crippen LogP contribution in [-0.4, -0.2) is 44.4 Å². The van der Waals surface area contributed by atoms with Gasteiger partial charge in [0, 0.05) is 24.0 Å². The summed E-state index contributed by atoms with van der Waals surface area (Å²) in [7, 11) is 0. The number of thioether (sulfide) groups is 1. The molecule has 8 heteroatoms. The molecule has 0 aliphatic heterocycles. The predicted molar refractivity (Wildman–Crippen MR) is 93.8 cm³/mol. The van der Waals surface area contributed by atoms with Crippen LogP contribution >= 0.6 is 23.1 Å². The van der Waals surface area contributed by atoms with Crippen LogP contribution < -0.4 is 5.32 Å². The number of anilines is 1. The fraction of sp³-hybridized carbons (Fsp3) is 0.333. The van der Waals surface area contributed by atoms with Gasteiger partial charge in [-0.15, -0.1) is 5.10 Å². The molecule has 0 saturated carbocycles. The molecule has 1 aromatic carbocycles. The van der Waals surface area contributed by atoms with Gasteiger partial charge in [0.15, 0.2) is 0 Å². The van der Waals surface area contributed by atoms with E-state index in [1.807, 2.05) is 12.5 Å². The van der Waals surface area contributed by atoms with E-state index < -0.39 is 0 Å². The van der Waals surface area contributed by atoms with Crippen molar-refractivity contribution in [3.63, 3.8) is 0 Å². The highest BCUT2D eigenvalue weighted by Gasteiger charge is 2.13. The van der Waals surface area contributed by atoms with Gasteiger partial charge in [0.1, 0.15) is 5.82 Å². The molecule has 1 atom stereocenters.